The van der Waals surface area contributed by atoms with Gasteiger partial charge in [-0.15, -0.1) is 0 Å². The summed E-state index contributed by atoms with van der Waals surface area (Å²) in [6.07, 6.45) is 1.72. The molecule has 5 rings (SSSR count). The molecule has 2 aliphatic rings. The first kappa shape index (κ1) is 15.3. The fourth-order valence-electron chi connectivity index (χ4n) is 4.47. The number of benzene rings is 3. The molecular weight excluding hydrogens is 316 g/mol. The van der Waals surface area contributed by atoms with Gasteiger partial charge in [-0.25, -0.2) is 0 Å². The predicted octanol–water partition coefficient (Wildman–Crippen LogP) is 5.52. The fraction of sp³-hybridized carbons (Fsp3) is 0.160. The minimum absolute atomic E-state index is 0.0626. The Morgan fingerprint density at radius 3 is 2.15 bits per heavy atom. The molecule has 1 atom stereocenters. The van der Waals surface area contributed by atoms with Crippen LogP contribution in [0.3, 0.4) is 0 Å². The van der Waals surface area contributed by atoms with Gasteiger partial charge in [0.15, 0.2) is 5.78 Å². The van der Waals surface area contributed by atoms with Crippen LogP contribution < -0.4 is 0 Å². The lowest BCUT2D eigenvalue weighted by atomic mass is 9.87. The number of allylic oxidation sites excluding steroid dienone is 2. The largest absolute Gasteiger partial charge is 0.293 e. The third kappa shape index (κ3) is 2.28. The topological polar surface area (TPSA) is 17.1 Å². The van der Waals surface area contributed by atoms with Crippen molar-refractivity contribution < 1.29 is 4.79 Å². The van der Waals surface area contributed by atoms with E-state index in [0.29, 0.717) is 0 Å². The minimum atomic E-state index is -0.0626. The molecule has 0 bridgehead atoms. The number of carbonyl (C=O) groups excluding carboxylic acids is 1. The van der Waals surface area contributed by atoms with Crippen LogP contribution in [0.2, 0.25) is 0 Å². The molecule has 0 fully saturated rings. The maximum atomic E-state index is 13.2. The van der Waals surface area contributed by atoms with Crippen LogP contribution in [-0.4, -0.2) is 5.78 Å². The van der Waals surface area contributed by atoms with Gasteiger partial charge in [0.1, 0.15) is 0 Å². The first-order valence-electron chi connectivity index (χ1n) is 9.23. The molecule has 3 aromatic carbocycles. The summed E-state index contributed by atoms with van der Waals surface area (Å²) in [6, 6.07) is 25.4. The highest BCUT2D eigenvalue weighted by Crippen LogP contribution is 2.46. The molecule has 1 nitrogen and oxygen atoms in total. The average Bonchev–Trinajstić information content (AvgIpc) is 3.20. The number of ketones is 1. The second kappa shape index (κ2) is 5.81. The van der Waals surface area contributed by atoms with Crippen LogP contribution >= 0.6 is 0 Å². The van der Waals surface area contributed by atoms with Gasteiger partial charge in [0.25, 0.3) is 0 Å². The molecule has 0 radical (unpaired) electrons. The van der Waals surface area contributed by atoms with Crippen LogP contribution in [0.1, 0.15) is 38.2 Å². The molecule has 1 unspecified atom stereocenters. The molecule has 0 aliphatic heterocycles. The monoisotopic (exact) mass is 336 g/mol. The third-order valence-electron chi connectivity index (χ3n) is 5.77. The van der Waals surface area contributed by atoms with E-state index in [1.54, 1.807) is 0 Å². The third-order valence-corrected chi connectivity index (χ3v) is 5.77. The number of fused-ring (bicyclic) bond motifs is 2. The zero-order valence-electron chi connectivity index (χ0n) is 14.8. The molecule has 26 heavy (non-hydrogen) atoms. The average molecular weight is 336 g/mol. The summed E-state index contributed by atoms with van der Waals surface area (Å²) in [5.41, 5.74) is 9.74. The van der Waals surface area contributed by atoms with Crippen LogP contribution in [0.25, 0.3) is 11.1 Å². The Morgan fingerprint density at radius 1 is 0.769 bits per heavy atom. The quantitative estimate of drug-likeness (QED) is 0.602. The van der Waals surface area contributed by atoms with E-state index >= 15 is 0 Å². The summed E-state index contributed by atoms with van der Waals surface area (Å²) in [4.78, 5) is 13.2. The maximum absolute atomic E-state index is 13.2. The Balaban J connectivity index is 1.68. The van der Waals surface area contributed by atoms with E-state index in [0.717, 1.165) is 18.4 Å². The van der Waals surface area contributed by atoms with E-state index in [9.17, 15) is 4.79 Å². The summed E-state index contributed by atoms with van der Waals surface area (Å²) >= 11 is 0. The Morgan fingerprint density at radius 2 is 1.42 bits per heavy atom. The lowest BCUT2D eigenvalue weighted by molar-refractivity contribution is 0.0964. The molecule has 0 N–H and O–H groups in total. The van der Waals surface area contributed by atoms with Crippen molar-refractivity contribution in [3.8, 4) is 0 Å². The number of rotatable bonds is 2. The SMILES string of the molecule is Cc1ccc(C2=C(C3Cc4ccccc4C3=O)c3ccccc3C2)cc1. The van der Waals surface area contributed by atoms with Crippen molar-refractivity contribution in [1.29, 1.82) is 0 Å². The second-order valence-electron chi connectivity index (χ2n) is 7.37. The van der Waals surface area contributed by atoms with Crippen molar-refractivity contribution in [3.63, 3.8) is 0 Å². The maximum Gasteiger partial charge on any atom is 0.170 e. The lowest BCUT2D eigenvalue weighted by Gasteiger charge is -2.15. The van der Waals surface area contributed by atoms with Gasteiger partial charge in [-0.3, -0.25) is 4.79 Å². The highest BCUT2D eigenvalue weighted by Gasteiger charge is 2.37. The molecule has 126 valence electrons. The van der Waals surface area contributed by atoms with Gasteiger partial charge in [-0.05, 0) is 53.2 Å². The number of aryl methyl sites for hydroxylation is 1. The number of Topliss-reactive ketones (excluding diaryl/α,β-unsaturated/α-hetero) is 1. The molecular formula is C25H20O. The van der Waals surface area contributed by atoms with E-state index < -0.39 is 0 Å². The lowest BCUT2D eigenvalue weighted by Crippen LogP contribution is -2.11. The summed E-state index contributed by atoms with van der Waals surface area (Å²) in [6.45, 7) is 2.11. The zero-order valence-corrected chi connectivity index (χ0v) is 14.8. The van der Waals surface area contributed by atoms with Crippen molar-refractivity contribution in [2.75, 3.05) is 0 Å². The number of hydrogen-bond donors (Lipinski definition) is 0. The molecule has 0 saturated carbocycles. The Kier molecular flexibility index (Phi) is 3.43. The van der Waals surface area contributed by atoms with Gasteiger partial charge in [0.2, 0.25) is 0 Å². The molecule has 0 saturated heterocycles. The van der Waals surface area contributed by atoms with Crippen molar-refractivity contribution >= 4 is 16.9 Å². The summed E-state index contributed by atoms with van der Waals surface area (Å²) < 4.78 is 0. The van der Waals surface area contributed by atoms with Gasteiger partial charge < -0.3 is 0 Å². The second-order valence-corrected chi connectivity index (χ2v) is 7.37. The number of carbonyl (C=O) groups is 1. The van der Waals surface area contributed by atoms with Crippen molar-refractivity contribution in [2.45, 2.75) is 19.8 Å². The molecule has 0 aromatic heterocycles. The summed E-state index contributed by atoms with van der Waals surface area (Å²) in [7, 11) is 0. The normalized spacial score (nSPS) is 18.2. The molecule has 3 aromatic rings. The first-order valence-corrected chi connectivity index (χ1v) is 9.23. The summed E-state index contributed by atoms with van der Waals surface area (Å²) in [5.74, 6) is 0.212. The van der Waals surface area contributed by atoms with Crippen LogP contribution in [-0.2, 0) is 12.8 Å². The molecule has 2 aliphatic carbocycles. The minimum Gasteiger partial charge on any atom is -0.293 e. The smallest absolute Gasteiger partial charge is 0.170 e. The van der Waals surface area contributed by atoms with Crippen molar-refractivity contribution in [3.05, 3.63) is 106 Å². The van der Waals surface area contributed by atoms with Gasteiger partial charge in [0.05, 0.1) is 5.92 Å². The first-order chi connectivity index (χ1) is 12.7. The molecule has 0 heterocycles. The Bertz CT molecular complexity index is 1050. The summed E-state index contributed by atoms with van der Waals surface area (Å²) in [5, 5.41) is 0. The Labute approximate surface area is 154 Å². The van der Waals surface area contributed by atoms with Crippen LogP contribution in [0.4, 0.5) is 0 Å². The van der Waals surface area contributed by atoms with E-state index in [-0.39, 0.29) is 11.7 Å². The van der Waals surface area contributed by atoms with Gasteiger partial charge >= 0.3 is 0 Å². The van der Waals surface area contributed by atoms with Gasteiger partial charge in [-0.2, -0.15) is 0 Å². The van der Waals surface area contributed by atoms with Crippen LogP contribution in [0, 0.1) is 12.8 Å². The molecule has 0 spiro atoms. The Hall–Kier alpha value is -2.93. The van der Waals surface area contributed by atoms with Gasteiger partial charge in [0, 0.05) is 5.56 Å². The molecule has 0 amide bonds. The van der Waals surface area contributed by atoms with Crippen molar-refractivity contribution in [2.24, 2.45) is 5.92 Å². The van der Waals surface area contributed by atoms with E-state index in [1.165, 1.54) is 39.0 Å². The van der Waals surface area contributed by atoms with Gasteiger partial charge in [-0.1, -0.05) is 78.4 Å². The van der Waals surface area contributed by atoms with Crippen LogP contribution in [0.15, 0.2) is 72.8 Å². The predicted molar refractivity (Wildman–Crippen MR) is 106 cm³/mol. The number of hydrogen-bond acceptors (Lipinski definition) is 1. The van der Waals surface area contributed by atoms with E-state index in [1.807, 2.05) is 18.2 Å². The van der Waals surface area contributed by atoms with E-state index in [4.69, 9.17) is 0 Å². The fourth-order valence-corrected chi connectivity index (χ4v) is 4.47. The van der Waals surface area contributed by atoms with Crippen molar-refractivity contribution in [1.82, 2.24) is 0 Å². The van der Waals surface area contributed by atoms with E-state index in [2.05, 4.69) is 61.5 Å². The zero-order chi connectivity index (χ0) is 17.7. The highest BCUT2D eigenvalue weighted by atomic mass is 16.1. The van der Waals surface area contributed by atoms with Crippen LogP contribution in [0.5, 0.6) is 0 Å². The standard InChI is InChI=1S/C25H20O/c1-16-10-12-17(13-11-16)22-14-18-6-2-4-8-20(18)24(22)23-15-19-7-3-5-9-21(19)25(23)26/h2-13,23H,14-15H2,1H3. The molecule has 1 heteroatoms. The highest BCUT2D eigenvalue weighted by molar-refractivity contribution is 6.13.